The largest absolute Gasteiger partial charge is 0.497 e. The zero-order chi connectivity index (χ0) is 19.0. The molecule has 0 radical (unpaired) electrons. The number of ether oxygens (including phenoxy) is 1. The van der Waals surface area contributed by atoms with Crippen molar-refractivity contribution >= 4 is 20.9 Å². The Morgan fingerprint density at radius 2 is 1.89 bits per heavy atom. The summed E-state index contributed by atoms with van der Waals surface area (Å²) >= 11 is 0. The fourth-order valence-electron chi connectivity index (χ4n) is 4.73. The summed E-state index contributed by atoms with van der Waals surface area (Å²) in [5, 5.41) is 1.24. The molecule has 0 saturated carbocycles. The van der Waals surface area contributed by atoms with E-state index in [1.807, 2.05) is 6.07 Å². The van der Waals surface area contributed by atoms with E-state index in [0.717, 1.165) is 43.7 Å². The van der Waals surface area contributed by atoms with E-state index in [1.165, 1.54) is 23.6 Å². The predicted octanol–water partition coefficient (Wildman–Crippen LogP) is 2.67. The van der Waals surface area contributed by atoms with Gasteiger partial charge >= 0.3 is 0 Å². The molecule has 2 aliphatic heterocycles. The van der Waals surface area contributed by atoms with Crippen LogP contribution in [0.25, 0.3) is 10.9 Å². The molecule has 3 heterocycles. The molecule has 0 spiro atoms. The number of piperidine rings is 1. The third-order valence-corrected chi connectivity index (χ3v) is 7.61. The topological polar surface area (TPSA) is 65.6 Å². The summed E-state index contributed by atoms with van der Waals surface area (Å²) in [6, 6.07) is 6.16. The Labute approximate surface area is 161 Å². The summed E-state index contributed by atoms with van der Waals surface area (Å²) in [6.07, 6.45) is 6.64. The highest BCUT2D eigenvalue weighted by atomic mass is 32.2. The van der Waals surface area contributed by atoms with Gasteiger partial charge in [0.15, 0.2) is 0 Å². The van der Waals surface area contributed by atoms with E-state index in [9.17, 15) is 8.42 Å². The lowest BCUT2D eigenvalue weighted by Crippen LogP contribution is -2.39. The minimum atomic E-state index is -3.04. The second kappa shape index (κ2) is 7.45. The van der Waals surface area contributed by atoms with Crippen LogP contribution in [-0.4, -0.2) is 62.2 Å². The number of hydrogen-bond donors (Lipinski definition) is 1. The van der Waals surface area contributed by atoms with Crippen molar-refractivity contribution in [3.63, 3.8) is 0 Å². The number of nitrogens with zero attached hydrogens (tertiary/aromatic N) is 2. The first-order chi connectivity index (χ1) is 12.9. The Bertz CT molecular complexity index is 900. The van der Waals surface area contributed by atoms with E-state index in [1.54, 1.807) is 11.4 Å². The van der Waals surface area contributed by atoms with Crippen molar-refractivity contribution in [1.29, 1.82) is 0 Å². The number of nitrogens with one attached hydrogen (secondary N) is 1. The molecule has 0 bridgehead atoms. The summed E-state index contributed by atoms with van der Waals surface area (Å²) in [5.41, 5.74) is 2.46. The van der Waals surface area contributed by atoms with Gasteiger partial charge < -0.3 is 9.72 Å². The molecule has 27 heavy (non-hydrogen) atoms. The average molecular weight is 392 g/mol. The van der Waals surface area contributed by atoms with Crippen LogP contribution in [0.3, 0.4) is 0 Å². The number of sulfonamides is 1. The number of likely N-dealkylation sites (tertiary alicyclic amines) is 1. The molecule has 0 aliphatic carbocycles. The van der Waals surface area contributed by atoms with Gasteiger partial charge in [0, 0.05) is 43.3 Å². The zero-order valence-electron chi connectivity index (χ0n) is 16.1. The lowest BCUT2D eigenvalue weighted by molar-refractivity contribution is 0.202. The van der Waals surface area contributed by atoms with Gasteiger partial charge in [-0.2, -0.15) is 0 Å². The molecule has 2 saturated heterocycles. The van der Waals surface area contributed by atoms with Gasteiger partial charge in [0.05, 0.1) is 13.4 Å². The van der Waals surface area contributed by atoms with Crippen LogP contribution in [0.1, 0.15) is 24.8 Å². The number of hydrogen-bond acceptors (Lipinski definition) is 4. The predicted molar refractivity (Wildman–Crippen MR) is 107 cm³/mol. The van der Waals surface area contributed by atoms with Gasteiger partial charge in [0.25, 0.3) is 0 Å². The van der Waals surface area contributed by atoms with Gasteiger partial charge in [0.2, 0.25) is 10.0 Å². The smallest absolute Gasteiger partial charge is 0.211 e. The fraction of sp³-hybridized carbons (Fsp3) is 0.600. The van der Waals surface area contributed by atoms with Crippen LogP contribution in [0.5, 0.6) is 5.75 Å². The third-order valence-electron chi connectivity index (χ3n) is 6.31. The quantitative estimate of drug-likeness (QED) is 0.851. The van der Waals surface area contributed by atoms with E-state index in [-0.39, 0.29) is 0 Å². The fourth-order valence-corrected chi connectivity index (χ4v) is 5.60. The number of aromatic amines is 1. The van der Waals surface area contributed by atoms with Crippen molar-refractivity contribution in [1.82, 2.24) is 14.2 Å². The van der Waals surface area contributed by atoms with E-state index in [2.05, 4.69) is 28.2 Å². The van der Waals surface area contributed by atoms with Gasteiger partial charge in [0.1, 0.15) is 5.75 Å². The molecule has 2 aliphatic rings. The van der Waals surface area contributed by atoms with E-state index >= 15 is 0 Å². The first-order valence-electron chi connectivity index (χ1n) is 9.75. The Morgan fingerprint density at radius 3 is 2.59 bits per heavy atom. The normalized spacial score (nSPS) is 23.3. The Kier molecular flexibility index (Phi) is 5.18. The SMILES string of the molecule is COc1ccc2[nH]cc(CN3CCC(C4CCN(S(C)(=O)=O)CC4)C3)c2c1. The number of benzene rings is 1. The van der Waals surface area contributed by atoms with Crippen LogP contribution in [-0.2, 0) is 16.6 Å². The average Bonchev–Trinajstić information content (AvgIpc) is 3.28. The van der Waals surface area contributed by atoms with Gasteiger partial charge in [-0.3, -0.25) is 4.90 Å². The Morgan fingerprint density at radius 1 is 1.15 bits per heavy atom. The number of methoxy groups -OCH3 is 1. The standard InChI is InChI=1S/C20H29N3O3S/c1-26-18-3-4-20-19(11-18)17(12-21-20)14-22-8-5-16(13-22)15-6-9-23(10-7-15)27(2,24)25/h3-4,11-12,15-16,21H,5-10,13-14H2,1-2H3. The molecule has 1 atom stereocenters. The number of rotatable bonds is 5. The molecule has 0 amide bonds. The van der Waals surface area contributed by atoms with Gasteiger partial charge in [-0.1, -0.05) is 0 Å². The van der Waals surface area contributed by atoms with Crippen molar-refractivity contribution in [2.45, 2.75) is 25.8 Å². The van der Waals surface area contributed by atoms with E-state index in [0.29, 0.717) is 24.9 Å². The molecular weight excluding hydrogens is 362 g/mol. The molecule has 148 valence electrons. The molecule has 4 rings (SSSR count). The van der Waals surface area contributed by atoms with Gasteiger partial charge in [-0.05, 0) is 61.4 Å². The molecule has 7 heteroatoms. The van der Waals surface area contributed by atoms with Crippen molar-refractivity contribution in [3.8, 4) is 5.75 Å². The summed E-state index contributed by atoms with van der Waals surface area (Å²) < 4.78 is 30.4. The maximum absolute atomic E-state index is 11.7. The van der Waals surface area contributed by atoms with Crippen LogP contribution < -0.4 is 4.74 Å². The molecule has 6 nitrogen and oxygen atoms in total. The summed E-state index contributed by atoms with van der Waals surface area (Å²) in [5.74, 6) is 2.22. The maximum atomic E-state index is 11.7. The first kappa shape index (κ1) is 18.8. The van der Waals surface area contributed by atoms with Crippen LogP contribution in [0.2, 0.25) is 0 Å². The lowest BCUT2D eigenvalue weighted by atomic mass is 9.84. The van der Waals surface area contributed by atoms with Crippen molar-refractivity contribution < 1.29 is 13.2 Å². The van der Waals surface area contributed by atoms with Crippen LogP contribution in [0, 0.1) is 11.8 Å². The molecular formula is C20H29N3O3S. The minimum absolute atomic E-state index is 0.649. The summed E-state index contributed by atoms with van der Waals surface area (Å²) in [4.78, 5) is 5.90. The summed E-state index contributed by atoms with van der Waals surface area (Å²) in [7, 11) is -1.33. The molecule has 1 N–H and O–H groups in total. The van der Waals surface area contributed by atoms with Crippen LogP contribution in [0.4, 0.5) is 0 Å². The number of fused-ring (bicyclic) bond motifs is 1. The van der Waals surface area contributed by atoms with Crippen LogP contribution >= 0.6 is 0 Å². The van der Waals surface area contributed by atoms with Crippen molar-refractivity contribution in [2.75, 3.05) is 39.5 Å². The van der Waals surface area contributed by atoms with E-state index < -0.39 is 10.0 Å². The highest BCUT2D eigenvalue weighted by Gasteiger charge is 2.33. The molecule has 1 aromatic carbocycles. The van der Waals surface area contributed by atoms with Gasteiger partial charge in [-0.15, -0.1) is 0 Å². The highest BCUT2D eigenvalue weighted by Crippen LogP contribution is 2.34. The highest BCUT2D eigenvalue weighted by molar-refractivity contribution is 7.88. The molecule has 1 aromatic heterocycles. The number of H-pyrrole nitrogens is 1. The maximum Gasteiger partial charge on any atom is 0.211 e. The second-order valence-corrected chi connectivity index (χ2v) is 9.99. The molecule has 1 unspecified atom stereocenters. The lowest BCUT2D eigenvalue weighted by Gasteiger charge is -2.33. The Balaban J connectivity index is 1.37. The zero-order valence-corrected chi connectivity index (χ0v) is 17.0. The number of aromatic nitrogens is 1. The van der Waals surface area contributed by atoms with E-state index in [4.69, 9.17) is 4.74 Å². The minimum Gasteiger partial charge on any atom is -0.497 e. The van der Waals surface area contributed by atoms with Gasteiger partial charge in [-0.25, -0.2) is 12.7 Å². The second-order valence-electron chi connectivity index (χ2n) is 8.01. The summed E-state index contributed by atoms with van der Waals surface area (Å²) in [6.45, 7) is 4.55. The third kappa shape index (κ3) is 4.00. The Hall–Kier alpha value is -1.57. The monoisotopic (exact) mass is 391 g/mol. The van der Waals surface area contributed by atoms with Crippen molar-refractivity contribution in [2.24, 2.45) is 11.8 Å². The van der Waals surface area contributed by atoms with Crippen LogP contribution in [0.15, 0.2) is 24.4 Å². The first-order valence-corrected chi connectivity index (χ1v) is 11.6. The molecule has 2 fully saturated rings. The molecule has 2 aromatic rings. The van der Waals surface area contributed by atoms with Crippen molar-refractivity contribution in [3.05, 3.63) is 30.0 Å².